The molecule has 22 heteroatoms. The normalized spacial score (nSPS) is 20.8. The fourth-order valence-electron chi connectivity index (χ4n) is 12.8. The van der Waals surface area contributed by atoms with Crippen LogP contribution in [0.5, 0.6) is 5.75 Å². The van der Waals surface area contributed by atoms with E-state index in [1.807, 2.05) is 21.9 Å². The number of nitrogens with one attached hydrogen (secondary N) is 1. The van der Waals surface area contributed by atoms with Crippen LogP contribution in [0.25, 0.3) is 22.2 Å². The minimum absolute atomic E-state index is 0.0180. The average molecular weight is 1060 g/mol. The Morgan fingerprint density at radius 3 is 2.36 bits per heavy atom. The van der Waals surface area contributed by atoms with Crippen molar-refractivity contribution >= 4 is 63.7 Å². The molecular formula is C55H62F2N12O8. The molecule has 6 amide bonds. The minimum Gasteiger partial charge on any atom is -0.493 e. The second-order valence-electron chi connectivity index (χ2n) is 21.4. The molecule has 10 heterocycles. The second-order valence-corrected chi connectivity index (χ2v) is 21.4. The third-order valence-electron chi connectivity index (χ3n) is 17.0. The van der Waals surface area contributed by atoms with Crippen molar-refractivity contribution in [1.82, 2.24) is 49.5 Å². The molecule has 3 aromatic heterocycles. The standard InChI is InChI=1S/C55H62F2N12O8/c1-32(70)65-17-11-43-42(30-65)52(61-69(43)35-12-22-77-23-13-35)67-14-3-4-34-24-38(39(51(56)57)26-45(34)67)41-29-66(50-46(76-2)27-58-60-49(41)50)31-48(72)64-15-9-33(10-16-64)28-62-18-20-63(21-19-62)36-5-6-37-40(25-36)55(75)68(54(37)74)44-7-8-47(71)59-53(44)73/h5-6,24-27,29,33,35,44,51H,3-4,7-23,28,30-31H2,1-2H3,(H,59,71,73). The quantitative estimate of drug-likeness (QED) is 0.173. The number of fused-ring (bicyclic) bond motifs is 4. The van der Waals surface area contributed by atoms with Gasteiger partial charge in [-0.3, -0.25) is 48.6 Å². The van der Waals surface area contributed by atoms with Crippen molar-refractivity contribution in [3.8, 4) is 16.9 Å². The summed E-state index contributed by atoms with van der Waals surface area (Å²) in [5.74, 6) is -0.775. The molecule has 1 atom stereocenters. The van der Waals surface area contributed by atoms with Crippen molar-refractivity contribution in [3.05, 3.63) is 76.2 Å². The highest BCUT2D eigenvalue weighted by Gasteiger charge is 2.45. The van der Waals surface area contributed by atoms with E-state index in [1.54, 1.807) is 35.9 Å². The van der Waals surface area contributed by atoms with Crippen molar-refractivity contribution in [1.29, 1.82) is 0 Å². The SMILES string of the molecule is COc1cnnc2c(-c3cc4c(cc3C(F)F)N(c3nn(C5CCOCC5)c5c3CN(C(C)=O)CC5)CCC4)cn(CC(=O)N3CCC(CN4CCN(c5ccc6c(c5)C(=O)N(C5CCC(=O)NC5=O)C6=O)CC4)CC3)c12. The third-order valence-corrected chi connectivity index (χ3v) is 17.0. The summed E-state index contributed by atoms with van der Waals surface area (Å²) in [6.45, 7) is 9.41. The number of alkyl halides is 2. The predicted octanol–water partition coefficient (Wildman–Crippen LogP) is 5.04. The predicted molar refractivity (Wildman–Crippen MR) is 277 cm³/mol. The van der Waals surface area contributed by atoms with E-state index in [-0.39, 0.29) is 53.9 Å². The van der Waals surface area contributed by atoms with Gasteiger partial charge in [0, 0.05) is 132 Å². The van der Waals surface area contributed by atoms with E-state index < -0.39 is 36.1 Å². The van der Waals surface area contributed by atoms with Crippen LogP contribution in [0.1, 0.15) is 107 Å². The number of amides is 6. The number of piperazine rings is 1. The van der Waals surface area contributed by atoms with E-state index >= 15 is 8.78 Å². The van der Waals surface area contributed by atoms with Gasteiger partial charge in [-0.15, -0.1) is 5.10 Å². The molecule has 1 unspecified atom stereocenters. The van der Waals surface area contributed by atoms with E-state index in [0.717, 1.165) is 79.1 Å². The molecule has 0 radical (unpaired) electrons. The average Bonchev–Trinajstić information content (AvgIpc) is 4.20. The maximum Gasteiger partial charge on any atom is 0.264 e. The molecule has 0 aliphatic carbocycles. The highest BCUT2D eigenvalue weighted by molar-refractivity contribution is 6.23. The van der Waals surface area contributed by atoms with Crippen LogP contribution in [0, 0.1) is 5.92 Å². The number of aromatic nitrogens is 5. The van der Waals surface area contributed by atoms with Crippen molar-refractivity contribution in [3.63, 3.8) is 0 Å². The Morgan fingerprint density at radius 2 is 1.62 bits per heavy atom. The van der Waals surface area contributed by atoms with Crippen molar-refractivity contribution in [2.45, 2.75) is 96.3 Å². The lowest BCUT2D eigenvalue weighted by molar-refractivity contribution is -0.136. The summed E-state index contributed by atoms with van der Waals surface area (Å²) >= 11 is 0. The molecular weight excluding hydrogens is 995 g/mol. The van der Waals surface area contributed by atoms with Gasteiger partial charge in [-0.2, -0.15) is 10.2 Å². The van der Waals surface area contributed by atoms with E-state index in [1.165, 1.54) is 13.3 Å². The van der Waals surface area contributed by atoms with Crippen LogP contribution in [0.2, 0.25) is 0 Å². The number of hydrogen-bond donors (Lipinski definition) is 1. The van der Waals surface area contributed by atoms with Gasteiger partial charge < -0.3 is 33.6 Å². The van der Waals surface area contributed by atoms with Gasteiger partial charge in [0.2, 0.25) is 23.6 Å². The van der Waals surface area contributed by atoms with Crippen LogP contribution in [0.15, 0.2) is 42.7 Å². The van der Waals surface area contributed by atoms with Gasteiger partial charge in [-0.25, -0.2) is 8.78 Å². The number of anilines is 3. The first-order valence-corrected chi connectivity index (χ1v) is 27.0. The van der Waals surface area contributed by atoms with Crippen molar-refractivity contribution in [2.75, 3.05) is 89.0 Å². The molecule has 2 aromatic carbocycles. The highest BCUT2D eigenvalue weighted by atomic mass is 19.3. The highest BCUT2D eigenvalue weighted by Crippen LogP contribution is 2.46. The molecule has 5 aromatic rings. The molecule has 12 rings (SSSR count). The third kappa shape index (κ3) is 9.25. The number of benzene rings is 2. The van der Waals surface area contributed by atoms with Gasteiger partial charge in [-0.1, -0.05) is 0 Å². The van der Waals surface area contributed by atoms with Gasteiger partial charge in [0.05, 0.1) is 37.0 Å². The molecule has 4 fully saturated rings. The van der Waals surface area contributed by atoms with Crippen molar-refractivity contribution in [2.24, 2.45) is 5.92 Å². The Bertz CT molecular complexity index is 3210. The lowest BCUT2D eigenvalue weighted by Gasteiger charge is -2.39. The largest absolute Gasteiger partial charge is 0.493 e. The van der Waals surface area contributed by atoms with Crippen LogP contribution in [-0.2, 0) is 49.8 Å². The van der Waals surface area contributed by atoms with Gasteiger partial charge >= 0.3 is 0 Å². The monoisotopic (exact) mass is 1060 g/mol. The van der Waals surface area contributed by atoms with E-state index in [2.05, 4.69) is 34.9 Å². The summed E-state index contributed by atoms with van der Waals surface area (Å²) in [5, 5.41) is 16.2. The molecule has 0 saturated carbocycles. The van der Waals surface area contributed by atoms with Crippen LogP contribution >= 0.6 is 0 Å². The number of methoxy groups -OCH3 is 1. The number of ether oxygens (including phenoxy) is 2. The van der Waals surface area contributed by atoms with Crippen LogP contribution in [-0.4, -0.2) is 165 Å². The van der Waals surface area contributed by atoms with Gasteiger partial charge in [0.1, 0.15) is 23.6 Å². The summed E-state index contributed by atoms with van der Waals surface area (Å²) in [4.78, 5) is 89.3. The molecule has 77 heavy (non-hydrogen) atoms. The molecule has 404 valence electrons. The number of aryl methyl sites for hydroxylation is 1. The summed E-state index contributed by atoms with van der Waals surface area (Å²) in [7, 11) is 1.51. The Hall–Kier alpha value is -7.33. The summed E-state index contributed by atoms with van der Waals surface area (Å²) in [6, 6.07) is 7.79. The topological polar surface area (TPSA) is 201 Å². The van der Waals surface area contributed by atoms with Gasteiger partial charge in [-0.05, 0) is 92.3 Å². The van der Waals surface area contributed by atoms with Crippen LogP contribution in [0.3, 0.4) is 0 Å². The maximum atomic E-state index is 15.6. The molecule has 0 bridgehead atoms. The van der Waals surface area contributed by atoms with Crippen LogP contribution < -0.4 is 19.9 Å². The molecule has 4 saturated heterocycles. The maximum absolute atomic E-state index is 15.6. The first kappa shape index (κ1) is 50.5. The number of hydrogen-bond acceptors (Lipinski definition) is 14. The molecule has 0 spiro atoms. The van der Waals surface area contributed by atoms with Crippen molar-refractivity contribution < 1.29 is 47.0 Å². The van der Waals surface area contributed by atoms with Gasteiger partial charge in [0.15, 0.2) is 11.6 Å². The van der Waals surface area contributed by atoms with E-state index in [9.17, 15) is 28.8 Å². The van der Waals surface area contributed by atoms with Crippen LogP contribution in [0.4, 0.5) is 26.0 Å². The van der Waals surface area contributed by atoms with E-state index in [0.29, 0.717) is 117 Å². The Kier molecular flexibility index (Phi) is 13.5. The fraction of sp³-hybridized carbons (Fsp3) is 0.509. The summed E-state index contributed by atoms with van der Waals surface area (Å²) < 4.78 is 46.6. The molecule has 1 N–H and O–H groups in total. The molecule has 7 aliphatic heterocycles. The first-order chi connectivity index (χ1) is 37.3. The zero-order valence-corrected chi connectivity index (χ0v) is 43.3. The number of carbonyl (C=O) groups is 6. The number of nitrogens with zero attached hydrogens (tertiary/aromatic N) is 11. The number of carbonyl (C=O) groups excluding carboxylic acids is 6. The second kappa shape index (κ2) is 20.6. The zero-order valence-electron chi connectivity index (χ0n) is 43.3. The Balaban J connectivity index is 0.722. The Morgan fingerprint density at radius 1 is 0.844 bits per heavy atom. The number of halogens is 2. The lowest BCUT2D eigenvalue weighted by Crippen LogP contribution is -2.54. The lowest BCUT2D eigenvalue weighted by atomic mass is 9.92. The Labute approximate surface area is 443 Å². The van der Waals surface area contributed by atoms with E-state index in [4.69, 9.17) is 14.6 Å². The first-order valence-electron chi connectivity index (χ1n) is 27.0. The molecule has 7 aliphatic rings. The number of rotatable bonds is 11. The van der Waals surface area contributed by atoms with Gasteiger partial charge in [0.25, 0.3) is 18.2 Å². The smallest absolute Gasteiger partial charge is 0.264 e. The number of imide groups is 2. The fourth-order valence-corrected chi connectivity index (χ4v) is 12.8. The number of likely N-dealkylation sites (tertiary alicyclic amines) is 1. The minimum atomic E-state index is -2.85. The number of piperidine rings is 2. The summed E-state index contributed by atoms with van der Waals surface area (Å²) in [5.41, 5.74) is 6.37. The molecule has 20 nitrogen and oxygen atoms in total. The summed E-state index contributed by atoms with van der Waals surface area (Å²) in [6.07, 6.45) is 5.87. The zero-order chi connectivity index (χ0) is 53.2.